The number of hydrogen-bond acceptors (Lipinski definition) is 4. The average molecular weight is 236 g/mol. The second kappa shape index (κ2) is 4.76. The molecule has 2 aromatic rings. The van der Waals surface area contributed by atoms with Crippen LogP contribution in [0.5, 0.6) is 0 Å². The number of hydrogen-bond donors (Lipinski definition) is 1. The summed E-state index contributed by atoms with van der Waals surface area (Å²) in [6.45, 7) is 4.99. The van der Waals surface area contributed by atoms with Gasteiger partial charge in [-0.3, -0.25) is 4.68 Å². The zero-order valence-electron chi connectivity index (χ0n) is 9.55. The van der Waals surface area contributed by atoms with Crippen LogP contribution in [0.1, 0.15) is 28.5 Å². The molecule has 4 nitrogen and oxygen atoms in total. The summed E-state index contributed by atoms with van der Waals surface area (Å²) in [4.78, 5) is 6.74. The van der Waals surface area contributed by atoms with Crippen molar-refractivity contribution in [3.05, 3.63) is 34.0 Å². The van der Waals surface area contributed by atoms with Crippen molar-refractivity contribution in [3.63, 3.8) is 0 Å². The first kappa shape index (κ1) is 11.3. The Balaban J connectivity index is 2.10. The first-order valence-corrected chi connectivity index (χ1v) is 6.21. The molecule has 2 aromatic heterocycles. The van der Waals surface area contributed by atoms with Gasteiger partial charge in [-0.25, -0.2) is 4.98 Å². The van der Waals surface area contributed by atoms with Crippen LogP contribution in [0.15, 0.2) is 18.5 Å². The molecule has 0 radical (unpaired) electrons. The van der Waals surface area contributed by atoms with E-state index in [0.717, 1.165) is 18.8 Å². The third-order valence-corrected chi connectivity index (χ3v) is 3.66. The lowest BCUT2D eigenvalue weighted by Crippen LogP contribution is -2.15. The van der Waals surface area contributed by atoms with Gasteiger partial charge in [0, 0.05) is 28.8 Å². The van der Waals surface area contributed by atoms with Gasteiger partial charge in [-0.15, -0.1) is 11.3 Å². The molecule has 0 saturated heterocycles. The van der Waals surface area contributed by atoms with Crippen LogP contribution in [0.25, 0.3) is 0 Å². The van der Waals surface area contributed by atoms with Crippen LogP contribution in [0.3, 0.4) is 0 Å². The third kappa shape index (κ3) is 2.31. The highest BCUT2D eigenvalue weighted by atomic mass is 32.1. The highest BCUT2D eigenvalue weighted by Gasteiger charge is 2.12. The van der Waals surface area contributed by atoms with Gasteiger partial charge in [0.05, 0.1) is 0 Å². The summed E-state index contributed by atoms with van der Waals surface area (Å²) in [6, 6.07) is 4.22. The topological polar surface area (TPSA) is 56.7 Å². The van der Waals surface area contributed by atoms with Gasteiger partial charge in [-0.05, 0) is 26.0 Å². The second-order valence-electron chi connectivity index (χ2n) is 3.75. The molecular weight excluding hydrogens is 220 g/mol. The Morgan fingerprint density at radius 1 is 1.50 bits per heavy atom. The van der Waals surface area contributed by atoms with Crippen molar-refractivity contribution in [2.75, 3.05) is 0 Å². The van der Waals surface area contributed by atoms with Crippen LogP contribution in [-0.2, 0) is 13.0 Å². The van der Waals surface area contributed by atoms with Gasteiger partial charge in [0.15, 0.2) is 0 Å². The lowest BCUT2D eigenvalue weighted by Gasteiger charge is -2.09. The van der Waals surface area contributed by atoms with Crippen molar-refractivity contribution >= 4 is 11.3 Å². The zero-order valence-corrected chi connectivity index (χ0v) is 10.4. The first-order valence-electron chi connectivity index (χ1n) is 5.39. The summed E-state index contributed by atoms with van der Waals surface area (Å²) in [5.41, 5.74) is 6.15. The van der Waals surface area contributed by atoms with Gasteiger partial charge in [0.2, 0.25) is 0 Å². The fourth-order valence-corrected chi connectivity index (χ4v) is 2.54. The Morgan fingerprint density at radius 3 is 2.94 bits per heavy atom. The summed E-state index contributed by atoms with van der Waals surface area (Å²) < 4.78 is 1.89. The van der Waals surface area contributed by atoms with Crippen LogP contribution in [0.4, 0.5) is 0 Å². The number of thiophene rings is 1. The standard InChI is InChI=1S/C11H16N4S/c1-3-15-11(13-7-14-15)6-9(12)10-5-4-8(2)16-10/h4-5,7,9H,3,6,12H2,1-2H3. The summed E-state index contributed by atoms with van der Waals surface area (Å²) in [7, 11) is 0. The predicted molar refractivity (Wildman–Crippen MR) is 65.4 cm³/mol. The molecule has 0 bridgehead atoms. The number of aromatic nitrogens is 3. The van der Waals surface area contributed by atoms with E-state index in [0.29, 0.717) is 0 Å². The van der Waals surface area contributed by atoms with Gasteiger partial charge in [0.1, 0.15) is 12.2 Å². The van der Waals surface area contributed by atoms with E-state index in [9.17, 15) is 0 Å². The van der Waals surface area contributed by atoms with E-state index in [1.54, 1.807) is 17.7 Å². The maximum atomic E-state index is 6.15. The minimum absolute atomic E-state index is 0.0215. The average Bonchev–Trinajstić information content (AvgIpc) is 2.86. The van der Waals surface area contributed by atoms with Gasteiger partial charge in [-0.1, -0.05) is 0 Å². The SMILES string of the molecule is CCn1ncnc1CC(N)c1ccc(C)s1. The molecule has 0 aliphatic rings. The van der Waals surface area contributed by atoms with Crippen molar-refractivity contribution in [2.24, 2.45) is 5.73 Å². The molecule has 0 fully saturated rings. The zero-order chi connectivity index (χ0) is 11.5. The number of rotatable bonds is 4. The van der Waals surface area contributed by atoms with Gasteiger partial charge in [-0.2, -0.15) is 5.10 Å². The van der Waals surface area contributed by atoms with E-state index in [4.69, 9.17) is 5.73 Å². The summed E-state index contributed by atoms with van der Waals surface area (Å²) >= 11 is 1.75. The summed E-state index contributed by atoms with van der Waals surface area (Å²) in [6.07, 6.45) is 2.33. The van der Waals surface area contributed by atoms with Crippen LogP contribution in [0, 0.1) is 6.92 Å². The van der Waals surface area contributed by atoms with Crippen molar-refractivity contribution < 1.29 is 0 Å². The van der Waals surface area contributed by atoms with E-state index in [2.05, 4.69) is 36.1 Å². The van der Waals surface area contributed by atoms with Crippen LogP contribution in [-0.4, -0.2) is 14.8 Å². The molecule has 2 heterocycles. The molecule has 0 aliphatic heterocycles. The first-order chi connectivity index (χ1) is 7.70. The molecule has 0 aromatic carbocycles. The summed E-state index contributed by atoms with van der Waals surface area (Å²) in [5, 5.41) is 4.14. The lowest BCUT2D eigenvalue weighted by molar-refractivity contribution is 0.584. The minimum atomic E-state index is 0.0215. The molecule has 1 atom stereocenters. The summed E-state index contributed by atoms with van der Waals surface area (Å²) in [5.74, 6) is 0.959. The van der Waals surface area contributed by atoms with Gasteiger partial charge >= 0.3 is 0 Å². The van der Waals surface area contributed by atoms with E-state index >= 15 is 0 Å². The molecule has 0 amide bonds. The maximum Gasteiger partial charge on any atom is 0.138 e. The highest BCUT2D eigenvalue weighted by molar-refractivity contribution is 7.12. The van der Waals surface area contributed by atoms with E-state index in [1.165, 1.54) is 9.75 Å². The van der Waals surface area contributed by atoms with E-state index in [-0.39, 0.29) is 6.04 Å². The Bertz CT molecular complexity index is 460. The Morgan fingerprint density at radius 2 is 2.31 bits per heavy atom. The Labute approximate surface area is 99.1 Å². The molecule has 0 aliphatic carbocycles. The highest BCUT2D eigenvalue weighted by Crippen LogP contribution is 2.23. The largest absolute Gasteiger partial charge is 0.323 e. The van der Waals surface area contributed by atoms with Crippen LogP contribution >= 0.6 is 11.3 Å². The normalized spacial score (nSPS) is 12.9. The van der Waals surface area contributed by atoms with Gasteiger partial charge < -0.3 is 5.73 Å². The second-order valence-corrected chi connectivity index (χ2v) is 5.07. The quantitative estimate of drug-likeness (QED) is 0.882. The molecule has 5 heteroatoms. The monoisotopic (exact) mass is 236 g/mol. The smallest absolute Gasteiger partial charge is 0.138 e. The maximum absolute atomic E-state index is 6.15. The van der Waals surface area contributed by atoms with E-state index in [1.807, 2.05) is 4.68 Å². The molecule has 0 saturated carbocycles. The van der Waals surface area contributed by atoms with Crippen molar-refractivity contribution in [3.8, 4) is 0 Å². The van der Waals surface area contributed by atoms with Crippen LogP contribution < -0.4 is 5.73 Å². The minimum Gasteiger partial charge on any atom is -0.323 e. The molecule has 16 heavy (non-hydrogen) atoms. The van der Waals surface area contributed by atoms with Crippen molar-refractivity contribution in [2.45, 2.75) is 32.9 Å². The van der Waals surface area contributed by atoms with Crippen molar-refractivity contribution in [1.82, 2.24) is 14.8 Å². The Hall–Kier alpha value is -1.20. The molecule has 1 unspecified atom stereocenters. The number of nitrogens with two attached hydrogens (primary N) is 1. The van der Waals surface area contributed by atoms with Crippen LogP contribution in [0.2, 0.25) is 0 Å². The Kier molecular flexibility index (Phi) is 3.36. The number of nitrogens with zero attached hydrogens (tertiary/aromatic N) is 3. The predicted octanol–water partition coefficient (Wildman–Crippen LogP) is 1.91. The van der Waals surface area contributed by atoms with Crippen molar-refractivity contribution in [1.29, 1.82) is 0 Å². The fourth-order valence-electron chi connectivity index (χ4n) is 1.66. The van der Waals surface area contributed by atoms with Gasteiger partial charge in [0.25, 0.3) is 0 Å². The lowest BCUT2D eigenvalue weighted by atomic mass is 10.2. The molecule has 86 valence electrons. The fraction of sp³-hybridized carbons (Fsp3) is 0.455. The van der Waals surface area contributed by atoms with E-state index < -0.39 is 0 Å². The molecule has 2 N–H and O–H groups in total. The number of aryl methyl sites for hydroxylation is 2. The molecule has 0 spiro atoms. The molecular formula is C11H16N4S. The molecule has 2 rings (SSSR count). The third-order valence-electron chi connectivity index (χ3n) is 2.52.